The van der Waals surface area contributed by atoms with Crippen molar-refractivity contribution in [2.24, 2.45) is 0 Å². The Morgan fingerprint density at radius 3 is 2.14 bits per heavy atom. The smallest absolute Gasteiger partial charge is 0.317 e. The summed E-state index contributed by atoms with van der Waals surface area (Å²) in [6, 6.07) is 9.42. The van der Waals surface area contributed by atoms with Crippen LogP contribution in [0.3, 0.4) is 0 Å². The maximum atomic E-state index is 12.0. The van der Waals surface area contributed by atoms with E-state index in [4.69, 9.17) is 0 Å². The zero-order chi connectivity index (χ0) is 15.7. The third-order valence-corrected chi connectivity index (χ3v) is 4.57. The van der Waals surface area contributed by atoms with Gasteiger partial charge in [0.25, 0.3) is 0 Å². The highest BCUT2D eigenvalue weighted by molar-refractivity contribution is 5.75. The summed E-state index contributed by atoms with van der Waals surface area (Å²) < 4.78 is 0. The molecule has 1 aromatic rings. The molecule has 22 heavy (non-hydrogen) atoms. The van der Waals surface area contributed by atoms with E-state index in [1.54, 1.807) is 0 Å². The summed E-state index contributed by atoms with van der Waals surface area (Å²) in [7, 11) is 0. The first-order valence-corrected chi connectivity index (χ1v) is 8.34. The van der Waals surface area contributed by atoms with Crippen molar-refractivity contribution in [3.05, 3.63) is 29.8 Å². The number of nitrogens with zero attached hydrogens (tertiary/aromatic N) is 2. The summed E-state index contributed by atoms with van der Waals surface area (Å²) in [6.07, 6.45) is 2.29. The van der Waals surface area contributed by atoms with E-state index in [0.29, 0.717) is 6.04 Å². The third kappa shape index (κ3) is 3.54. The second-order valence-corrected chi connectivity index (χ2v) is 7.49. The molecule has 3 rings (SSSR count). The van der Waals surface area contributed by atoms with Crippen LogP contribution in [0.4, 0.5) is 10.5 Å². The van der Waals surface area contributed by atoms with E-state index in [1.807, 2.05) is 4.90 Å². The van der Waals surface area contributed by atoms with E-state index >= 15 is 0 Å². The molecule has 2 fully saturated rings. The van der Waals surface area contributed by atoms with Gasteiger partial charge < -0.3 is 15.1 Å². The molecule has 1 heterocycles. The highest BCUT2D eigenvalue weighted by atomic mass is 16.2. The topological polar surface area (TPSA) is 35.6 Å². The van der Waals surface area contributed by atoms with Crippen LogP contribution in [0, 0.1) is 0 Å². The normalized spacial score (nSPS) is 19.2. The monoisotopic (exact) mass is 301 g/mol. The van der Waals surface area contributed by atoms with Crippen LogP contribution >= 0.6 is 0 Å². The van der Waals surface area contributed by atoms with Crippen molar-refractivity contribution in [2.45, 2.75) is 45.1 Å². The molecule has 0 radical (unpaired) electrons. The van der Waals surface area contributed by atoms with Crippen LogP contribution in [-0.4, -0.2) is 43.2 Å². The molecule has 0 aromatic heterocycles. The van der Waals surface area contributed by atoms with Gasteiger partial charge in [0, 0.05) is 37.9 Å². The molecule has 0 unspecified atom stereocenters. The highest BCUT2D eigenvalue weighted by Crippen LogP contribution is 2.25. The largest absolute Gasteiger partial charge is 0.368 e. The van der Waals surface area contributed by atoms with Crippen LogP contribution in [0.25, 0.3) is 0 Å². The molecule has 1 saturated heterocycles. The van der Waals surface area contributed by atoms with Crippen LogP contribution in [0.2, 0.25) is 0 Å². The minimum absolute atomic E-state index is 0.116. The number of hydrogen-bond donors (Lipinski definition) is 1. The van der Waals surface area contributed by atoms with Gasteiger partial charge in [-0.1, -0.05) is 32.9 Å². The Kier molecular flexibility index (Phi) is 4.02. The molecular formula is C18H27N3O. The van der Waals surface area contributed by atoms with Crippen LogP contribution in [0.1, 0.15) is 39.2 Å². The van der Waals surface area contributed by atoms with E-state index < -0.39 is 0 Å². The summed E-state index contributed by atoms with van der Waals surface area (Å²) in [6.45, 7) is 10.1. The number of anilines is 1. The lowest BCUT2D eigenvalue weighted by Gasteiger charge is -2.36. The van der Waals surface area contributed by atoms with Gasteiger partial charge in [0.2, 0.25) is 0 Å². The first-order valence-electron chi connectivity index (χ1n) is 8.34. The molecule has 1 N–H and O–H groups in total. The third-order valence-electron chi connectivity index (χ3n) is 4.57. The molecule has 4 heteroatoms. The molecule has 2 amide bonds. The number of urea groups is 1. The maximum absolute atomic E-state index is 12.0. The minimum atomic E-state index is 0.116. The number of carbonyl (C=O) groups is 1. The molecule has 1 aromatic carbocycles. The van der Waals surface area contributed by atoms with Gasteiger partial charge in [0.1, 0.15) is 0 Å². The number of hydrogen-bond acceptors (Lipinski definition) is 2. The predicted octanol–water partition coefficient (Wildman–Crippen LogP) is 2.98. The second kappa shape index (κ2) is 5.82. The van der Waals surface area contributed by atoms with Crippen LogP contribution in [-0.2, 0) is 5.41 Å². The lowest BCUT2D eigenvalue weighted by molar-refractivity contribution is 0.194. The molecule has 4 nitrogen and oxygen atoms in total. The summed E-state index contributed by atoms with van der Waals surface area (Å²) >= 11 is 0. The van der Waals surface area contributed by atoms with Gasteiger partial charge in [-0.15, -0.1) is 0 Å². The van der Waals surface area contributed by atoms with Crippen LogP contribution < -0.4 is 10.2 Å². The van der Waals surface area contributed by atoms with Crippen molar-refractivity contribution in [3.63, 3.8) is 0 Å². The fourth-order valence-electron chi connectivity index (χ4n) is 2.83. The summed E-state index contributed by atoms with van der Waals surface area (Å²) in [5.74, 6) is 0. The fraction of sp³-hybridized carbons (Fsp3) is 0.611. The standard InChI is InChI=1S/C18H27N3O/c1-18(2,3)14-4-8-16(9-5-14)20-10-12-21(13-11-20)17(22)19-15-6-7-15/h4-5,8-9,15H,6-7,10-13H2,1-3H3,(H,19,22). The number of rotatable bonds is 2. The average molecular weight is 301 g/mol. The van der Waals surface area contributed by atoms with Gasteiger partial charge in [-0.2, -0.15) is 0 Å². The Hall–Kier alpha value is -1.71. The number of amides is 2. The fourth-order valence-corrected chi connectivity index (χ4v) is 2.83. The summed E-state index contributed by atoms with van der Waals surface area (Å²) in [4.78, 5) is 16.4. The van der Waals surface area contributed by atoms with Gasteiger partial charge in [0.15, 0.2) is 0 Å². The lowest BCUT2D eigenvalue weighted by atomic mass is 9.87. The Bertz CT molecular complexity index is 520. The lowest BCUT2D eigenvalue weighted by Crippen LogP contribution is -2.52. The van der Waals surface area contributed by atoms with Gasteiger partial charge in [-0.05, 0) is 36.0 Å². The van der Waals surface area contributed by atoms with Crippen LogP contribution in [0.5, 0.6) is 0 Å². The van der Waals surface area contributed by atoms with Crippen molar-refractivity contribution in [1.29, 1.82) is 0 Å². The predicted molar refractivity (Wildman–Crippen MR) is 90.5 cm³/mol. The van der Waals surface area contributed by atoms with E-state index in [2.05, 4.69) is 55.3 Å². The maximum Gasteiger partial charge on any atom is 0.317 e. The molecular weight excluding hydrogens is 274 g/mol. The minimum Gasteiger partial charge on any atom is -0.368 e. The zero-order valence-corrected chi connectivity index (χ0v) is 13.9. The number of carbonyl (C=O) groups excluding carboxylic acids is 1. The zero-order valence-electron chi connectivity index (χ0n) is 13.9. The summed E-state index contributed by atoms with van der Waals surface area (Å²) in [5, 5.41) is 3.07. The van der Waals surface area contributed by atoms with E-state index in [9.17, 15) is 4.79 Å². The molecule has 1 aliphatic heterocycles. The molecule has 0 spiro atoms. The van der Waals surface area contributed by atoms with Gasteiger partial charge >= 0.3 is 6.03 Å². The quantitative estimate of drug-likeness (QED) is 0.911. The van der Waals surface area contributed by atoms with Crippen molar-refractivity contribution in [3.8, 4) is 0 Å². The molecule has 1 saturated carbocycles. The van der Waals surface area contributed by atoms with Crippen LogP contribution in [0.15, 0.2) is 24.3 Å². The van der Waals surface area contributed by atoms with Gasteiger partial charge in [-0.3, -0.25) is 0 Å². The Labute approximate surface area is 133 Å². The van der Waals surface area contributed by atoms with E-state index in [1.165, 1.54) is 11.3 Å². The van der Waals surface area contributed by atoms with Gasteiger partial charge in [-0.25, -0.2) is 4.79 Å². The first-order chi connectivity index (χ1) is 10.4. The van der Waals surface area contributed by atoms with E-state index in [-0.39, 0.29) is 11.4 Å². The van der Waals surface area contributed by atoms with E-state index in [0.717, 1.165) is 39.0 Å². The number of piperazine rings is 1. The molecule has 0 atom stereocenters. The SMILES string of the molecule is CC(C)(C)c1ccc(N2CCN(C(=O)NC3CC3)CC2)cc1. The Morgan fingerprint density at radius 2 is 1.64 bits per heavy atom. The van der Waals surface area contributed by atoms with Crippen molar-refractivity contribution >= 4 is 11.7 Å². The Morgan fingerprint density at radius 1 is 1.05 bits per heavy atom. The summed E-state index contributed by atoms with van der Waals surface area (Å²) in [5.41, 5.74) is 2.81. The van der Waals surface area contributed by atoms with Crippen molar-refractivity contribution in [2.75, 3.05) is 31.1 Å². The number of nitrogens with one attached hydrogen (secondary N) is 1. The number of benzene rings is 1. The molecule has 1 aliphatic carbocycles. The average Bonchev–Trinajstić information content (AvgIpc) is 3.31. The second-order valence-electron chi connectivity index (χ2n) is 7.49. The van der Waals surface area contributed by atoms with Crippen molar-refractivity contribution < 1.29 is 4.79 Å². The molecule has 0 bridgehead atoms. The Balaban J connectivity index is 1.55. The highest BCUT2D eigenvalue weighted by Gasteiger charge is 2.27. The first kappa shape index (κ1) is 15.2. The molecule has 120 valence electrons. The molecule has 2 aliphatic rings. The van der Waals surface area contributed by atoms with Gasteiger partial charge in [0.05, 0.1) is 0 Å². The van der Waals surface area contributed by atoms with Crippen molar-refractivity contribution in [1.82, 2.24) is 10.2 Å².